The Morgan fingerprint density at radius 1 is 1.53 bits per heavy atom. The van der Waals surface area contributed by atoms with E-state index in [1.807, 2.05) is 0 Å². The molecule has 15 heavy (non-hydrogen) atoms. The van der Waals surface area contributed by atoms with Crippen LogP contribution in [0, 0.1) is 0 Å². The van der Waals surface area contributed by atoms with E-state index in [9.17, 15) is 4.79 Å². The summed E-state index contributed by atoms with van der Waals surface area (Å²) in [6.07, 6.45) is 1.32. The van der Waals surface area contributed by atoms with Crippen molar-refractivity contribution in [1.82, 2.24) is 0 Å². The van der Waals surface area contributed by atoms with Gasteiger partial charge in [0.25, 0.3) is 0 Å². The quantitative estimate of drug-likeness (QED) is 0.565. The molecule has 84 valence electrons. The van der Waals surface area contributed by atoms with Crippen LogP contribution in [0.1, 0.15) is 0 Å². The number of rotatable bonds is 4. The number of halogens is 1. The van der Waals surface area contributed by atoms with Crippen molar-refractivity contribution in [3.8, 4) is 0 Å². The van der Waals surface area contributed by atoms with Gasteiger partial charge in [-0.2, -0.15) is 0 Å². The summed E-state index contributed by atoms with van der Waals surface area (Å²) in [7, 11) is -1.11. The highest BCUT2D eigenvalue weighted by Gasteiger charge is 2.22. The lowest BCUT2D eigenvalue weighted by Crippen LogP contribution is -2.21. The average Bonchev–Trinajstić information content (AvgIpc) is 2.44. The summed E-state index contributed by atoms with van der Waals surface area (Å²) >= 11 is 5.49. The zero-order valence-corrected chi connectivity index (χ0v) is 10.9. The first-order valence-corrected chi connectivity index (χ1v) is 8.94. The summed E-state index contributed by atoms with van der Waals surface area (Å²) in [5.41, 5.74) is 1.21. The number of carbonyl (C=O) groups is 1. The van der Waals surface area contributed by atoms with Crippen molar-refractivity contribution in [3.63, 3.8) is 0 Å². The van der Waals surface area contributed by atoms with Crippen molar-refractivity contribution in [1.29, 1.82) is 0 Å². The highest BCUT2D eigenvalue weighted by molar-refractivity contribution is 6.76. The molecule has 0 radical (unpaired) electrons. The van der Waals surface area contributed by atoms with Gasteiger partial charge in [0, 0.05) is 8.07 Å². The minimum absolute atomic E-state index is 0.303. The second kappa shape index (κ2) is 4.85. The van der Waals surface area contributed by atoms with E-state index in [1.54, 1.807) is 0 Å². The molecule has 0 atom stereocenters. The number of ether oxygens (including phenoxy) is 2. The zero-order chi connectivity index (χ0) is 11.5. The van der Waals surface area contributed by atoms with Crippen LogP contribution >= 0.6 is 11.6 Å². The number of esters is 1. The van der Waals surface area contributed by atoms with Gasteiger partial charge in [-0.3, -0.25) is 0 Å². The molecular weight excluding hydrogens is 232 g/mol. The van der Waals surface area contributed by atoms with Crippen LogP contribution in [0.2, 0.25) is 25.7 Å². The molecular formula is C10H15ClO3Si. The lowest BCUT2D eigenvalue weighted by molar-refractivity contribution is -0.132. The van der Waals surface area contributed by atoms with E-state index >= 15 is 0 Å². The summed E-state index contributed by atoms with van der Waals surface area (Å²) in [4.78, 5) is 10.9. The molecule has 3 nitrogen and oxygen atoms in total. The van der Waals surface area contributed by atoms with Gasteiger partial charge in [-0.05, 0) is 6.04 Å². The maximum Gasteiger partial charge on any atom is 0.340 e. The second-order valence-electron chi connectivity index (χ2n) is 4.56. The highest BCUT2D eigenvalue weighted by atomic mass is 35.5. The maximum atomic E-state index is 10.9. The number of hydrogen-bond acceptors (Lipinski definition) is 3. The summed E-state index contributed by atoms with van der Waals surface area (Å²) < 4.78 is 10.2. The first-order valence-electron chi connectivity index (χ1n) is 4.79. The van der Waals surface area contributed by atoms with Crippen molar-refractivity contribution < 1.29 is 14.3 Å². The Morgan fingerprint density at radius 3 is 2.73 bits per heavy atom. The largest absolute Gasteiger partial charge is 0.490 e. The minimum Gasteiger partial charge on any atom is -0.490 e. The standard InChI is InChI=1S/C10H15ClO3Si/c1-15(2,3)5-4-13-8-6-10(12)14-9(8)7-11/h6-7H,4-5H2,1-3H3/b9-7-. The van der Waals surface area contributed by atoms with Crippen molar-refractivity contribution in [2.45, 2.75) is 25.7 Å². The normalized spacial score (nSPS) is 19.1. The Kier molecular flexibility index (Phi) is 3.99. The molecule has 0 N–H and O–H groups in total. The summed E-state index contributed by atoms with van der Waals surface area (Å²) in [5, 5.41) is 0. The molecule has 1 aliphatic rings. The lowest BCUT2D eigenvalue weighted by Gasteiger charge is -2.16. The number of hydrogen-bond donors (Lipinski definition) is 0. The van der Waals surface area contributed by atoms with E-state index in [0.29, 0.717) is 18.1 Å². The highest BCUT2D eigenvalue weighted by Crippen LogP contribution is 2.22. The van der Waals surface area contributed by atoms with Gasteiger partial charge in [-0.1, -0.05) is 31.2 Å². The van der Waals surface area contributed by atoms with Gasteiger partial charge in [-0.15, -0.1) is 0 Å². The average molecular weight is 247 g/mol. The maximum absolute atomic E-state index is 10.9. The van der Waals surface area contributed by atoms with Crippen LogP contribution in [0.3, 0.4) is 0 Å². The van der Waals surface area contributed by atoms with Gasteiger partial charge >= 0.3 is 5.97 Å². The molecule has 1 rings (SSSR count). The first-order chi connectivity index (χ1) is 6.92. The molecule has 5 heteroatoms. The number of cyclic esters (lactones) is 1. The molecule has 0 aromatic heterocycles. The molecule has 0 bridgehead atoms. The Hall–Kier alpha value is -0.743. The third kappa shape index (κ3) is 4.09. The summed E-state index contributed by atoms with van der Waals surface area (Å²) in [6, 6.07) is 1.04. The van der Waals surface area contributed by atoms with Gasteiger partial charge in [0.05, 0.1) is 18.2 Å². The monoisotopic (exact) mass is 246 g/mol. The van der Waals surface area contributed by atoms with E-state index in [4.69, 9.17) is 21.1 Å². The molecule has 1 heterocycles. The third-order valence-corrected chi connectivity index (χ3v) is 3.81. The predicted octanol–water partition coefficient (Wildman–Crippen LogP) is 2.86. The molecule has 0 saturated carbocycles. The van der Waals surface area contributed by atoms with Gasteiger partial charge in [0.2, 0.25) is 0 Å². The molecule has 1 aliphatic heterocycles. The fourth-order valence-corrected chi connectivity index (χ4v) is 1.89. The Bertz CT molecular complexity index is 315. The lowest BCUT2D eigenvalue weighted by atomic mass is 10.4. The topological polar surface area (TPSA) is 35.5 Å². The van der Waals surface area contributed by atoms with Crippen LogP contribution < -0.4 is 0 Å². The Labute approximate surface area is 95.7 Å². The summed E-state index contributed by atoms with van der Waals surface area (Å²) in [6.45, 7) is 7.39. The Morgan fingerprint density at radius 2 is 2.20 bits per heavy atom. The van der Waals surface area contributed by atoms with Crippen LogP contribution in [-0.2, 0) is 14.3 Å². The number of carbonyl (C=O) groups excluding carboxylic acids is 1. The van der Waals surface area contributed by atoms with E-state index in [0.717, 1.165) is 6.04 Å². The second-order valence-corrected chi connectivity index (χ2v) is 10.4. The van der Waals surface area contributed by atoms with E-state index < -0.39 is 14.0 Å². The van der Waals surface area contributed by atoms with Crippen LogP contribution in [0.5, 0.6) is 0 Å². The molecule has 0 saturated heterocycles. The van der Waals surface area contributed by atoms with Crippen molar-refractivity contribution in [3.05, 3.63) is 23.1 Å². The molecule has 0 unspecified atom stereocenters. The Balaban J connectivity index is 2.45. The van der Waals surface area contributed by atoms with E-state index in [2.05, 4.69) is 19.6 Å². The molecule has 0 amide bonds. The van der Waals surface area contributed by atoms with E-state index in [-0.39, 0.29) is 0 Å². The fraction of sp³-hybridized carbons (Fsp3) is 0.500. The first kappa shape index (κ1) is 12.3. The summed E-state index contributed by atoms with van der Waals surface area (Å²) in [5.74, 6) is 0.315. The fourth-order valence-electron chi connectivity index (χ4n) is 1.02. The van der Waals surface area contributed by atoms with Crippen molar-refractivity contribution in [2.24, 2.45) is 0 Å². The zero-order valence-electron chi connectivity index (χ0n) is 9.17. The van der Waals surface area contributed by atoms with Crippen LogP contribution in [0.4, 0.5) is 0 Å². The van der Waals surface area contributed by atoms with Crippen LogP contribution in [0.15, 0.2) is 23.1 Å². The van der Waals surface area contributed by atoms with Gasteiger partial charge < -0.3 is 9.47 Å². The van der Waals surface area contributed by atoms with Crippen LogP contribution in [-0.4, -0.2) is 20.7 Å². The smallest absolute Gasteiger partial charge is 0.340 e. The van der Waals surface area contributed by atoms with Crippen LogP contribution in [0.25, 0.3) is 0 Å². The molecule has 0 aliphatic carbocycles. The predicted molar refractivity (Wildman–Crippen MR) is 62.2 cm³/mol. The molecule has 0 aromatic rings. The van der Waals surface area contributed by atoms with E-state index in [1.165, 1.54) is 11.6 Å². The molecule has 0 spiro atoms. The van der Waals surface area contributed by atoms with Gasteiger partial charge in [0.1, 0.15) is 0 Å². The minimum atomic E-state index is -1.11. The van der Waals surface area contributed by atoms with Crippen molar-refractivity contribution >= 4 is 25.6 Å². The van der Waals surface area contributed by atoms with Crippen molar-refractivity contribution in [2.75, 3.05) is 6.61 Å². The molecule has 0 fully saturated rings. The SMILES string of the molecule is C[Si](C)(C)CCOC1=CC(=O)O/C1=C\Cl. The van der Waals surface area contributed by atoms with Gasteiger partial charge in [-0.25, -0.2) is 4.79 Å². The molecule has 0 aromatic carbocycles. The van der Waals surface area contributed by atoms with Gasteiger partial charge in [0.15, 0.2) is 11.5 Å². The third-order valence-electron chi connectivity index (χ3n) is 1.91.